The standard InChI is InChI=1S/C11H22N2O3/c1-15-8-9-16-7-3-6-13-10(14)11(12)4-2-5-11/h2-9,12H2,1H3,(H,13,14). The number of carbonyl (C=O) groups excluding carboxylic acids is 1. The van der Waals surface area contributed by atoms with Crippen molar-refractivity contribution in [2.75, 3.05) is 33.5 Å². The molecule has 0 saturated heterocycles. The molecule has 1 fully saturated rings. The zero-order chi connectivity index (χ0) is 11.9. The van der Waals surface area contributed by atoms with Crippen molar-refractivity contribution < 1.29 is 14.3 Å². The smallest absolute Gasteiger partial charge is 0.240 e. The Morgan fingerprint density at radius 2 is 2.12 bits per heavy atom. The second-order valence-corrected chi connectivity index (χ2v) is 4.22. The first-order valence-electron chi connectivity index (χ1n) is 5.83. The number of carbonyl (C=O) groups is 1. The minimum absolute atomic E-state index is 0.0179. The van der Waals surface area contributed by atoms with Crippen LogP contribution in [0.1, 0.15) is 25.7 Å². The maximum absolute atomic E-state index is 11.6. The molecule has 0 aliphatic heterocycles. The van der Waals surface area contributed by atoms with Crippen LogP contribution in [0.3, 0.4) is 0 Å². The van der Waals surface area contributed by atoms with Crippen LogP contribution >= 0.6 is 0 Å². The molecule has 1 amide bonds. The van der Waals surface area contributed by atoms with Crippen molar-refractivity contribution in [3.63, 3.8) is 0 Å². The average Bonchev–Trinajstić information content (AvgIpc) is 2.24. The first kappa shape index (κ1) is 13.4. The number of nitrogens with two attached hydrogens (primary N) is 1. The van der Waals surface area contributed by atoms with Crippen molar-refractivity contribution in [1.82, 2.24) is 5.32 Å². The van der Waals surface area contributed by atoms with E-state index in [1.807, 2.05) is 0 Å². The lowest BCUT2D eigenvalue weighted by Crippen LogP contribution is -2.58. The summed E-state index contributed by atoms with van der Waals surface area (Å²) in [5.74, 6) is -0.0179. The van der Waals surface area contributed by atoms with Crippen LogP contribution in [-0.4, -0.2) is 44.9 Å². The van der Waals surface area contributed by atoms with E-state index in [4.69, 9.17) is 15.2 Å². The Bertz CT molecular complexity index is 217. The summed E-state index contributed by atoms with van der Waals surface area (Å²) in [6, 6.07) is 0. The number of methoxy groups -OCH3 is 1. The zero-order valence-corrected chi connectivity index (χ0v) is 9.96. The van der Waals surface area contributed by atoms with Crippen LogP contribution in [0, 0.1) is 0 Å². The zero-order valence-electron chi connectivity index (χ0n) is 9.96. The molecule has 5 heteroatoms. The molecule has 3 N–H and O–H groups in total. The maximum Gasteiger partial charge on any atom is 0.240 e. The minimum atomic E-state index is -0.586. The van der Waals surface area contributed by atoms with Gasteiger partial charge < -0.3 is 20.5 Å². The molecule has 0 atom stereocenters. The van der Waals surface area contributed by atoms with Crippen LogP contribution < -0.4 is 11.1 Å². The van der Waals surface area contributed by atoms with Gasteiger partial charge in [-0.15, -0.1) is 0 Å². The number of hydrogen-bond acceptors (Lipinski definition) is 4. The van der Waals surface area contributed by atoms with Crippen LogP contribution in [0.4, 0.5) is 0 Å². The molecule has 1 saturated carbocycles. The lowest BCUT2D eigenvalue weighted by Gasteiger charge is -2.36. The van der Waals surface area contributed by atoms with E-state index in [0.717, 1.165) is 25.7 Å². The van der Waals surface area contributed by atoms with Crippen LogP contribution in [0.5, 0.6) is 0 Å². The second-order valence-electron chi connectivity index (χ2n) is 4.22. The van der Waals surface area contributed by atoms with E-state index < -0.39 is 5.54 Å². The van der Waals surface area contributed by atoms with Gasteiger partial charge in [-0.3, -0.25) is 4.79 Å². The van der Waals surface area contributed by atoms with Crippen molar-refractivity contribution in [3.05, 3.63) is 0 Å². The molecule has 0 unspecified atom stereocenters. The first-order chi connectivity index (χ1) is 7.69. The summed E-state index contributed by atoms with van der Waals surface area (Å²) < 4.78 is 10.1. The highest BCUT2D eigenvalue weighted by atomic mass is 16.5. The monoisotopic (exact) mass is 230 g/mol. The quantitative estimate of drug-likeness (QED) is 0.577. The molecule has 0 radical (unpaired) electrons. The molecule has 0 aromatic rings. The van der Waals surface area contributed by atoms with E-state index in [9.17, 15) is 4.79 Å². The van der Waals surface area contributed by atoms with Gasteiger partial charge in [0, 0.05) is 20.3 Å². The Morgan fingerprint density at radius 1 is 1.38 bits per heavy atom. The van der Waals surface area contributed by atoms with E-state index in [2.05, 4.69) is 5.32 Å². The summed E-state index contributed by atoms with van der Waals surface area (Å²) >= 11 is 0. The van der Waals surface area contributed by atoms with Gasteiger partial charge >= 0.3 is 0 Å². The molecule has 1 aliphatic rings. The second kappa shape index (κ2) is 6.83. The van der Waals surface area contributed by atoms with Gasteiger partial charge in [-0.1, -0.05) is 0 Å². The summed E-state index contributed by atoms with van der Waals surface area (Å²) in [7, 11) is 1.64. The summed E-state index contributed by atoms with van der Waals surface area (Å²) in [5, 5.41) is 2.84. The predicted octanol–water partition coefficient (Wildman–Crippen LogP) is 0.0371. The van der Waals surface area contributed by atoms with Crippen LogP contribution in [0.15, 0.2) is 0 Å². The van der Waals surface area contributed by atoms with Crippen molar-refractivity contribution >= 4 is 5.91 Å². The van der Waals surface area contributed by atoms with Gasteiger partial charge in [-0.05, 0) is 25.7 Å². The largest absolute Gasteiger partial charge is 0.382 e. The fourth-order valence-electron chi connectivity index (χ4n) is 1.58. The van der Waals surface area contributed by atoms with E-state index in [1.165, 1.54) is 0 Å². The van der Waals surface area contributed by atoms with Gasteiger partial charge in [0.1, 0.15) is 0 Å². The summed E-state index contributed by atoms with van der Waals surface area (Å²) in [5.41, 5.74) is 5.28. The van der Waals surface area contributed by atoms with Crippen molar-refractivity contribution in [3.8, 4) is 0 Å². The molecule has 16 heavy (non-hydrogen) atoms. The van der Waals surface area contributed by atoms with Gasteiger partial charge in [-0.2, -0.15) is 0 Å². The fourth-order valence-corrected chi connectivity index (χ4v) is 1.58. The van der Waals surface area contributed by atoms with Crippen LogP contribution in [0.25, 0.3) is 0 Å². The minimum Gasteiger partial charge on any atom is -0.382 e. The van der Waals surface area contributed by atoms with E-state index in [0.29, 0.717) is 26.4 Å². The third kappa shape index (κ3) is 4.08. The fraction of sp³-hybridized carbons (Fsp3) is 0.909. The maximum atomic E-state index is 11.6. The first-order valence-corrected chi connectivity index (χ1v) is 5.83. The highest BCUT2D eigenvalue weighted by Crippen LogP contribution is 2.28. The molecule has 94 valence electrons. The molecule has 0 bridgehead atoms. The number of amides is 1. The average molecular weight is 230 g/mol. The summed E-state index contributed by atoms with van der Waals surface area (Å²) in [4.78, 5) is 11.6. The topological polar surface area (TPSA) is 73.6 Å². The summed E-state index contributed by atoms with van der Waals surface area (Å²) in [6.45, 7) is 2.48. The van der Waals surface area contributed by atoms with Crippen molar-refractivity contribution in [1.29, 1.82) is 0 Å². The Balaban J connectivity index is 1.93. The number of ether oxygens (including phenoxy) is 2. The molecule has 1 rings (SSSR count). The van der Waals surface area contributed by atoms with Gasteiger partial charge in [0.2, 0.25) is 5.91 Å². The van der Waals surface area contributed by atoms with Gasteiger partial charge in [0.15, 0.2) is 0 Å². The van der Waals surface area contributed by atoms with Gasteiger partial charge in [0.25, 0.3) is 0 Å². The van der Waals surface area contributed by atoms with Gasteiger partial charge in [-0.25, -0.2) is 0 Å². The Morgan fingerprint density at radius 3 is 2.69 bits per heavy atom. The molecule has 5 nitrogen and oxygen atoms in total. The molecule has 1 aliphatic carbocycles. The molecule has 0 spiro atoms. The van der Waals surface area contributed by atoms with E-state index in [1.54, 1.807) is 7.11 Å². The highest BCUT2D eigenvalue weighted by Gasteiger charge is 2.39. The number of nitrogens with one attached hydrogen (secondary N) is 1. The van der Waals surface area contributed by atoms with Crippen molar-refractivity contribution in [2.45, 2.75) is 31.2 Å². The predicted molar refractivity (Wildman–Crippen MR) is 61.1 cm³/mol. The lowest BCUT2D eigenvalue weighted by atomic mass is 9.77. The Hall–Kier alpha value is -0.650. The van der Waals surface area contributed by atoms with Crippen LogP contribution in [0.2, 0.25) is 0 Å². The number of rotatable bonds is 8. The normalized spacial score (nSPS) is 17.9. The van der Waals surface area contributed by atoms with Gasteiger partial charge in [0.05, 0.1) is 18.8 Å². The Kier molecular flexibility index (Phi) is 5.73. The molecular formula is C11H22N2O3. The molecular weight excluding hydrogens is 208 g/mol. The lowest BCUT2D eigenvalue weighted by molar-refractivity contribution is -0.129. The summed E-state index contributed by atoms with van der Waals surface area (Å²) in [6.07, 6.45) is 3.49. The third-order valence-electron chi connectivity index (χ3n) is 2.88. The third-order valence-corrected chi connectivity index (χ3v) is 2.88. The van der Waals surface area contributed by atoms with Crippen molar-refractivity contribution in [2.24, 2.45) is 5.73 Å². The molecule has 0 aromatic carbocycles. The van der Waals surface area contributed by atoms with Crippen LogP contribution in [-0.2, 0) is 14.3 Å². The number of hydrogen-bond donors (Lipinski definition) is 2. The molecule has 0 aromatic heterocycles. The van der Waals surface area contributed by atoms with E-state index >= 15 is 0 Å². The molecule has 0 heterocycles. The Labute approximate surface area is 96.7 Å². The SMILES string of the molecule is COCCOCCCNC(=O)C1(N)CCC1. The highest BCUT2D eigenvalue weighted by molar-refractivity contribution is 5.86. The van der Waals surface area contributed by atoms with E-state index in [-0.39, 0.29) is 5.91 Å².